The summed E-state index contributed by atoms with van der Waals surface area (Å²) >= 11 is 5.89. The molecule has 0 saturated carbocycles. The van der Waals surface area contributed by atoms with E-state index in [0.29, 0.717) is 6.54 Å². The van der Waals surface area contributed by atoms with Gasteiger partial charge in [0.25, 0.3) is 0 Å². The zero-order valence-corrected chi connectivity index (χ0v) is 14.9. The Hall–Kier alpha value is -2.01. The van der Waals surface area contributed by atoms with Crippen molar-refractivity contribution < 1.29 is 0 Å². The lowest BCUT2D eigenvalue weighted by atomic mass is 10.1. The molecule has 1 aromatic carbocycles. The number of aromatic nitrogens is 2. The second-order valence-corrected chi connectivity index (χ2v) is 5.94. The maximum absolute atomic E-state index is 5.89. The van der Waals surface area contributed by atoms with Crippen molar-refractivity contribution in [3.8, 4) is 0 Å². The Morgan fingerprint density at radius 1 is 1.22 bits per heavy atom. The number of aliphatic imine (C=N–C) groups is 1. The molecule has 0 spiro atoms. The summed E-state index contributed by atoms with van der Waals surface area (Å²) in [5.41, 5.74) is 4.77. The molecule has 0 atom stereocenters. The van der Waals surface area contributed by atoms with E-state index in [1.807, 2.05) is 36.0 Å². The minimum absolute atomic E-state index is 0.710. The molecule has 0 aliphatic rings. The summed E-state index contributed by atoms with van der Waals surface area (Å²) in [6.45, 7) is 5.67. The number of aryl methyl sites for hydroxylation is 2. The standard InChI is InChI=1S/C17H24ClN5/c1-12-16(13(2)23(4)22-12)9-10-20-17(19-3)21-11-14-5-7-15(18)8-6-14/h5-8H,9-11H2,1-4H3,(H2,19,20,21). The number of halogens is 1. The minimum Gasteiger partial charge on any atom is -0.356 e. The summed E-state index contributed by atoms with van der Waals surface area (Å²) in [6.07, 6.45) is 0.924. The van der Waals surface area contributed by atoms with Gasteiger partial charge in [0.2, 0.25) is 0 Å². The van der Waals surface area contributed by atoms with Crippen LogP contribution in [0.3, 0.4) is 0 Å². The number of rotatable bonds is 5. The van der Waals surface area contributed by atoms with Crippen LogP contribution in [0.4, 0.5) is 0 Å². The lowest BCUT2D eigenvalue weighted by molar-refractivity contribution is 0.729. The van der Waals surface area contributed by atoms with Gasteiger partial charge in [-0.1, -0.05) is 23.7 Å². The first-order valence-electron chi connectivity index (χ1n) is 7.69. The van der Waals surface area contributed by atoms with Crippen molar-refractivity contribution in [2.24, 2.45) is 12.0 Å². The van der Waals surface area contributed by atoms with Crippen LogP contribution < -0.4 is 10.6 Å². The number of hydrogen-bond acceptors (Lipinski definition) is 2. The Morgan fingerprint density at radius 2 is 1.91 bits per heavy atom. The molecular weight excluding hydrogens is 310 g/mol. The van der Waals surface area contributed by atoms with Gasteiger partial charge in [0.15, 0.2) is 5.96 Å². The second-order valence-electron chi connectivity index (χ2n) is 5.50. The Balaban J connectivity index is 1.82. The van der Waals surface area contributed by atoms with Crippen LogP contribution in [0.1, 0.15) is 22.5 Å². The fourth-order valence-corrected chi connectivity index (χ4v) is 2.62. The largest absolute Gasteiger partial charge is 0.356 e. The molecule has 2 rings (SSSR count). The summed E-state index contributed by atoms with van der Waals surface area (Å²) in [7, 11) is 3.75. The molecule has 0 radical (unpaired) electrons. The maximum Gasteiger partial charge on any atom is 0.191 e. The molecule has 0 fully saturated rings. The second kappa shape index (κ2) is 8.02. The molecular formula is C17H24ClN5. The monoisotopic (exact) mass is 333 g/mol. The Labute approximate surface area is 142 Å². The van der Waals surface area contributed by atoms with Gasteiger partial charge in [0.1, 0.15) is 0 Å². The van der Waals surface area contributed by atoms with E-state index in [2.05, 4.69) is 34.6 Å². The van der Waals surface area contributed by atoms with E-state index in [1.54, 1.807) is 7.05 Å². The highest BCUT2D eigenvalue weighted by atomic mass is 35.5. The Kier molecular flexibility index (Phi) is 6.04. The van der Waals surface area contributed by atoms with Crippen molar-refractivity contribution in [2.75, 3.05) is 13.6 Å². The third-order valence-electron chi connectivity index (χ3n) is 3.92. The van der Waals surface area contributed by atoms with Crippen molar-refractivity contribution >= 4 is 17.6 Å². The molecule has 6 heteroatoms. The summed E-state index contributed by atoms with van der Waals surface area (Å²) in [5.74, 6) is 0.791. The van der Waals surface area contributed by atoms with E-state index < -0.39 is 0 Å². The van der Waals surface area contributed by atoms with Crippen LogP contribution in [0.15, 0.2) is 29.3 Å². The van der Waals surface area contributed by atoms with Crippen LogP contribution in [0.25, 0.3) is 0 Å². The first-order valence-corrected chi connectivity index (χ1v) is 8.07. The van der Waals surface area contributed by atoms with Crippen LogP contribution in [0.2, 0.25) is 5.02 Å². The molecule has 1 aromatic heterocycles. The molecule has 2 N–H and O–H groups in total. The van der Waals surface area contributed by atoms with Crippen LogP contribution in [0, 0.1) is 13.8 Å². The fourth-order valence-electron chi connectivity index (χ4n) is 2.49. The SMILES string of the molecule is CN=C(NCCc1c(C)nn(C)c1C)NCc1ccc(Cl)cc1. The van der Waals surface area contributed by atoms with Gasteiger partial charge in [-0.25, -0.2) is 0 Å². The first kappa shape index (κ1) is 17.3. The molecule has 0 saturated heterocycles. The zero-order chi connectivity index (χ0) is 16.8. The molecule has 0 unspecified atom stereocenters. The summed E-state index contributed by atoms with van der Waals surface area (Å²) < 4.78 is 1.93. The average molecular weight is 334 g/mol. The normalized spacial score (nSPS) is 11.6. The van der Waals surface area contributed by atoms with Crippen molar-refractivity contribution in [2.45, 2.75) is 26.8 Å². The highest BCUT2D eigenvalue weighted by molar-refractivity contribution is 6.30. The predicted octanol–water partition coefficient (Wildman–Crippen LogP) is 2.60. The van der Waals surface area contributed by atoms with E-state index in [0.717, 1.165) is 35.2 Å². The molecule has 2 aromatic rings. The molecule has 5 nitrogen and oxygen atoms in total. The van der Waals surface area contributed by atoms with Gasteiger partial charge in [-0.3, -0.25) is 9.67 Å². The van der Waals surface area contributed by atoms with Gasteiger partial charge < -0.3 is 10.6 Å². The van der Waals surface area contributed by atoms with Gasteiger partial charge in [0, 0.05) is 37.9 Å². The van der Waals surface area contributed by atoms with E-state index in [-0.39, 0.29) is 0 Å². The molecule has 1 heterocycles. The molecule has 0 amide bonds. The number of nitrogens with one attached hydrogen (secondary N) is 2. The van der Waals surface area contributed by atoms with Crippen LogP contribution in [-0.2, 0) is 20.0 Å². The van der Waals surface area contributed by atoms with Gasteiger partial charge >= 0.3 is 0 Å². The smallest absolute Gasteiger partial charge is 0.191 e. The molecule has 0 bridgehead atoms. The topological polar surface area (TPSA) is 54.2 Å². The van der Waals surface area contributed by atoms with Gasteiger partial charge in [-0.05, 0) is 43.5 Å². The van der Waals surface area contributed by atoms with Crippen molar-refractivity contribution in [3.63, 3.8) is 0 Å². The van der Waals surface area contributed by atoms with Crippen LogP contribution in [0.5, 0.6) is 0 Å². The summed E-state index contributed by atoms with van der Waals surface area (Å²) in [6, 6.07) is 7.79. The van der Waals surface area contributed by atoms with E-state index in [1.165, 1.54) is 11.3 Å². The molecule has 23 heavy (non-hydrogen) atoms. The van der Waals surface area contributed by atoms with E-state index >= 15 is 0 Å². The molecule has 0 aliphatic carbocycles. The minimum atomic E-state index is 0.710. The predicted molar refractivity (Wildman–Crippen MR) is 96.0 cm³/mol. The number of benzene rings is 1. The van der Waals surface area contributed by atoms with Crippen LogP contribution >= 0.6 is 11.6 Å². The summed E-state index contributed by atoms with van der Waals surface area (Å²) in [4.78, 5) is 4.25. The summed E-state index contributed by atoms with van der Waals surface area (Å²) in [5, 5.41) is 11.8. The van der Waals surface area contributed by atoms with E-state index in [4.69, 9.17) is 11.6 Å². The average Bonchev–Trinajstić information content (AvgIpc) is 2.78. The third-order valence-corrected chi connectivity index (χ3v) is 4.18. The quantitative estimate of drug-likeness (QED) is 0.653. The number of guanidine groups is 1. The lowest BCUT2D eigenvalue weighted by Gasteiger charge is -2.12. The zero-order valence-electron chi connectivity index (χ0n) is 14.2. The van der Waals surface area contributed by atoms with Crippen molar-refractivity contribution in [1.82, 2.24) is 20.4 Å². The lowest BCUT2D eigenvalue weighted by Crippen LogP contribution is -2.37. The third kappa shape index (κ3) is 4.73. The van der Waals surface area contributed by atoms with Gasteiger partial charge in [0.05, 0.1) is 5.69 Å². The van der Waals surface area contributed by atoms with Gasteiger partial charge in [-0.15, -0.1) is 0 Å². The highest BCUT2D eigenvalue weighted by Crippen LogP contribution is 2.12. The number of nitrogens with zero attached hydrogens (tertiary/aromatic N) is 3. The highest BCUT2D eigenvalue weighted by Gasteiger charge is 2.09. The Morgan fingerprint density at radius 3 is 2.48 bits per heavy atom. The van der Waals surface area contributed by atoms with Crippen LogP contribution in [-0.4, -0.2) is 29.3 Å². The van der Waals surface area contributed by atoms with Gasteiger partial charge in [-0.2, -0.15) is 5.10 Å². The van der Waals surface area contributed by atoms with Crippen molar-refractivity contribution in [3.05, 3.63) is 51.8 Å². The first-order chi connectivity index (χ1) is 11.0. The molecule has 124 valence electrons. The maximum atomic E-state index is 5.89. The fraction of sp³-hybridized carbons (Fsp3) is 0.412. The molecule has 0 aliphatic heterocycles. The Bertz CT molecular complexity index is 673. The van der Waals surface area contributed by atoms with Crippen molar-refractivity contribution in [1.29, 1.82) is 0 Å². The number of hydrogen-bond donors (Lipinski definition) is 2. The van der Waals surface area contributed by atoms with E-state index in [9.17, 15) is 0 Å².